The molecular formula is C9H25N3Si. The molecule has 0 radical (unpaired) electrons. The fourth-order valence-electron chi connectivity index (χ4n) is 1.27. The van der Waals surface area contributed by atoms with Crippen LogP contribution in [0.25, 0.3) is 0 Å². The summed E-state index contributed by atoms with van der Waals surface area (Å²) < 4.78 is 0. The Bertz CT molecular complexity index is 96.9. The van der Waals surface area contributed by atoms with Gasteiger partial charge in [-0.1, -0.05) is 20.8 Å². The van der Waals surface area contributed by atoms with Crippen molar-refractivity contribution < 1.29 is 0 Å². The summed E-state index contributed by atoms with van der Waals surface area (Å²) in [6.45, 7) is 12.3. The van der Waals surface area contributed by atoms with Crippen LogP contribution < -0.4 is 10.3 Å². The largest absolute Gasteiger partial charge is 0.331 e. The van der Waals surface area contributed by atoms with Gasteiger partial charge in [0, 0.05) is 6.67 Å². The predicted molar refractivity (Wildman–Crippen MR) is 62.8 cm³/mol. The lowest BCUT2D eigenvalue weighted by atomic mass is 10.5. The van der Waals surface area contributed by atoms with Crippen LogP contribution in [0.1, 0.15) is 20.8 Å². The van der Waals surface area contributed by atoms with Crippen molar-refractivity contribution in [1.29, 1.82) is 0 Å². The molecule has 0 heterocycles. The first-order valence-electron chi connectivity index (χ1n) is 5.48. The Labute approximate surface area is 85.2 Å². The van der Waals surface area contributed by atoms with Gasteiger partial charge in [0.2, 0.25) is 0 Å². The molecule has 3 nitrogen and oxygen atoms in total. The highest BCUT2D eigenvalue weighted by atomic mass is 28.2. The molecule has 0 fully saturated rings. The first-order chi connectivity index (χ1) is 6.35. The van der Waals surface area contributed by atoms with Gasteiger partial charge in [0.25, 0.3) is 0 Å². The highest BCUT2D eigenvalue weighted by Crippen LogP contribution is 1.88. The van der Waals surface area contributed by atoms with Gasteiger partial charge in [-0.25, -0.2) is 0 Å². The third kappa shape index (κ3) is 8.43. The van der Waals surface area contributed by atoms with Gasteiger partial charge in [-0.3, -0.25) is 0 Å². The van der Waals surface area contributed by atoms with Crippen LogP contribution in [0.4, 0.5) is 0 Å². The molecule has 0 aromatic heterocycles. The standard InChI is InChI=1S/C9H25N3Si/c1-4-10-9-11-13-8-7-12(5-2)6-3/h10-11H,4-9,13H2,1-3H3. The first kappa shape index (κ1) is 13.1. The summed E-state index contributed by atoms with van der Waals surface area (Å²) >= 11 is 0. The van der Waals surface area contributed by atoms with E-state index in [-0.39, 0.29) is 9.68 Å². The maximum absolute atomic E-state index is 3.49. The van der Waals surface area contributed by atoms with Crippen LogP contribution in [0.15, 0.2) is 0 Å². The van der Waals surface area contributed by atoms with Crippen LogP contribution in [-0.4, -0.2) is 47.4 Å². The van der Waals surface area contributed by atoms with E-state index in [4.69, 9.17) is 0 Å². The van der Waals surface area contributed by atoms with E-state index >= 15 is 0 Å². The second kappa shape index (κ2) is 10.2. The number of nitrogens with one attached hydrogen (secondary N) is 2. The molecule has 0 aliphatic rings. The van der Waals surface area contributed by atoms with E-state index in [1.165, 1.54) is 25.7 Å². The van der Waals surface area contributed by atoms with Crippen molar-refractivity contribution in [2.24, 2.45) is 0 Å². The van der Waals surface area contributed by atoms with E-state index < -0.39 is 0 Å². The summed E-state index contributed by atoms with van der Waals surface area (Å²) in [5.74, 6) is 0. The molecule has 0 atom stereocenters. The van der Waals surface area contributed by atoms with Gasteiger partial charge in [0.1, 0.15) is 0 Å². The molecule has 13 heavy (non-hydrogen) atoms. The number of rotatable bonds is 9. The van der Waals surface area contributed by atoms with Crippen molar-refractivity contribution in [2.45, 2.75) is 26.8 Å². The van der Waals surface area contributed by atoms with Crippen LogP contribution in [0.5, 0.6) is 0 Å². The molecule has 0 aliphatic carbocycles. The zero-order valence-electron chi connectivity index (χ0n) is 9.40. The summed E-state index contributed by atoms with van der Waals surface area (Å²) in [4.78, 5) is 5.98. The van der Waals surface area contributed by atoms with Crippen LogP contribution in [-0.2, 0) is 0 Å². The highest BCUT2D eigenvalue weighted by molar-refractivity contribution is 6.32. The molecule has 0 aromatic carbocycles. The number of nitrogens with zero attached hydrogens (tertiary/aromatic N) is 1. The zero-order chi connectivity index (χ0) is 9.94. The van der Waals surface area contributed by atoms with Crippen LogP contribution in [0, 0.1) is 0 Å². The lowest BCUT2D eigenvalue weighted by molar-refractivity contribution is 0.320. The molecule has 0 amide bonds. The van der Waals surface area contributed by atoms with Crippen molar-refractivity contribution in [2.75, 3.05) is 32.8 Å². The Morgan fingerprint density at radius 3 is 2.38 bits per heavy atom. The molecule has 0 unspecified atom stereocenters. The topological polar surface area (TPSA) is 27.3 Å². The van der Waals surface area contributed by atoms with Crippen molar-refractivity contribution in [3.05, 3.63) is 0 Å². The average molecular weight is 203 g/mol. The molecule has 0 saturated carbocycles. The SMILES string of the molecule is CCNCN[SiH2]CCN(CC)CC. The predicted octanol–water partition coefficient (Wildman–Crippen LogP) is -0.0131. The van der Waals surface area contributed by atoms with Crippen molar-refractivity contribution in [1.82, 2.24) is 15.2 Å². The van der Waals surface area contributed by atoms with E-state index in [1.54, 1.807) is 0 Å². The lowest BCUT2D eigenvalue weighted by Gasteiger charge is -2.17. The second-order valence-electron chi connectivity index (χ2n) is 3.16. The van der Waals surface area contributed by atoms with E-state index in [0.717, 1.165) is 13.2 Å². The van der Waals surface area contributed by atoms with Crippen molar-refractivity contribution in [3.8, 4) is 0 Å². The van der Waals surface area contributed by atoms with Gasteiger partial charge in [0.15, 0.2) is 0 Å². The van der Waals surface area contributed by atoms with Crippen LogP contribution >= 0.6 is 0 Å². The molecule has 2 N–H and O–H groups in total. The molecule has 0 rings (SSSR count). The Morgan fingerprint density at radius 1 is 1.15 bits per heavy atom. The Hall–Kier alpha value is 0.0969. The quantitative estimate of drug-likeness (QED) is 0.313. The summed E-state index contributed by atoms with van der Waals surface area (Å²) in [5.41, 5.74) is 0. The summed E-state index contributed by atoms with van der Waals surface area (Å²) in [6, 6.07) is 1.38. The molecular weight excluding hydrogens is 178 g/mol. The summed E-state index contributed by atoms with van der Waals surface area (Å²) in [7, 11) is -0.0246. The summed E-state index contributed by atoms with van der Waals surface area (Å²) in [6.07, 6.45) is 0. The van der Waals surface area contributed by atoms with Gasteiger partial charge in [-0.15, -0.1) is 0 Å². The van der Waals surface area contributed by atoms with E-state index in [9.17, 15) is 0 Å². The third-order valence-corrected chi connectivity index (χ3v) is 3.50. The summed E-state index contributed by atoms with van der Waals surface area (Å²) in [5, 5.41) is 3.27. The minimum absolute atomic E-state index is 0.0246. The van der Waals surface area contributed by atoms with Gasteiger partial charge in [-0.05, 0) is 32.2 Å². The van der Waals surface area contributed by atoms with Crippen molar-refractivity contribution in [3.63, 3.8) is 0 Å². The number of hydrogen-bond acceptors (Lipinski definition) is 3. The monoisotopic (exact) mass is 203 g/mol. The van der Waals surface area contributed by atoms with E-state index in [1.807, 2.05) is 0 Å². The normalized spacial score (nSPS) is 12.0. The van der Waals surface area contributed by atoms with Crippen molar-refractivity contribution >= 4 is 9.68 Å². The molecule has 80 valence electrons. The first-order valence-corrected chi connectivity index (χ1v) is 7.19. The molecule has 0 bridgehead atoms. The Morgan fingerprint density at radius 2 is 1.85 bits per heavy atom. The third-order valence-electron chi connectivity index (χ3n) is 2.22. The molecule has 0 spiro atoms. The van der Waals surface area contributed by atoms with Crippen LogP contribution in [0.3, 0.4) is 0 Å². The van der Waals surface area contributed by atoms with Crippen LogP contribution in [0.2, 0.25) is 6.04 Å². The maximum Gasteiger partial charge on any atom is 0.0943 e. The molecule has 0 aromatic rings. The van der Waals surface area contributed by atoms with Gasteiger partial charge in [0.05, 0.1) is 9.68 Å². The zero-order valence-corrected chi connectivity index (χ0v) is 10.8. The molecule has 0 aliphatic heterocycles. The smallest absolute Gasteiger partial charge is 0.0943 e. The second-order valence-corrected chi connectivity index (χ2v) is 4.87. The number of hydrogen-bond donors (Lipinski definition) is 2. The van der Waals surface area contributed by atoms with Gasteiger partial charge in [-0.2, -0.15) is 0 Å². The van der Waals surface area contributed by atoms with E-state index in [2.05, 4.69) is 36.0 Å². The Balaban J connectivity index is 3.05. The average Bonchev–Trinajstić information content (AvgIpc) is 2.17. The molecule has 0 saturated heterocycles. The fraction of sp³-hybridized carbons (Fsp3) is 1.00. The van der Waals surface area contributed by atoms with Gasteiger partial charge < -0.3 is 15.2 Å². The fourth-order valence-corrected chi connectivity index (χ4v) is 2.48. The molecule has 4 heteroatoms. The van der Waals surface area contributed by atoms with E-state index in [0.29, 0.717) is 0 Å². The minimum atomic E-state index is -0.0246. The minimum Gasteiger partial charge on any atom is -0.331 e. The van der Waals surface area contributed by atoms with Gasteiger partial charge >= 0.3 is 0 Å². The lowest BCUT2D eigenvalue weighted by Crippen LogP contribution is -2.33. The Kier molecular flexibility index (Phi) is 10.3. The highest BCUT2D eigenvalue weighted by Gasteiger charge is 1.97. The maximum atomic E-state index is 3.49.